The monoisotopic (exact) mass is 198 g/mol. The average Bonchev–Trinajstić information content (AvgIpc) is 2.53. The number of carboxylic acid groups (broad SMARTS) is 1. The predicted octanol–water partition coefficient (Wildman–Crippen LogP) is 0.191. The quantitative estimate of drug-likeness (QED) is 0.603. The fourth-order valence-electron chi connectivity index (χ4n) is 2.08. The minimum Gasteiger partial charge on any atom is -0.481 e. The van der Waals surface area contributed by atoms with E-state index in [1.54, 1.807) is 0 Å². The van der Waals surface area contributed by atoms with Crippen molar-refractivity contribution in [1.29, 1.82) is 0 Å². The molecule has 1 aliphatic heterocycles. The van der Waals surface area contributed by atoms with E-state index in [-0.39, 0.29) is 12.0 Å². The first-order valence-electron chi connectivity index (χ1n) is 5.14. The molecular formula is C10H18N2O2. The lowest BCUT2D eigenvalue weighted by Crippen LogP contribution is -2.69. The first-order chi connectivity index (χ1) is 6.44. The summed E-state index contributed by atoms with van der Waals surface area (Å²) in [7, 11) is 0. The van der Waals surface area contributed by atoms with Crippen LogP contribution in [-0.2, 0) is 4.79 Å². The highest BCUT2D eigenvalue weighted by molar-refractivity contribution is 5.69. The molecule has 4 heteroatoms. The van der Waals surface area contributed by atoms with Gasteiger partial charge in [0.25, 0.3) is 0 Å². The molecule has 1 heterocycles. The fraction of sp³-hybridized carbons (Fsp3) is 0.900. The summed E-state index contributed by atoms with van der Waals surface area (Å²) in [4.78, 5) is 10.7. The summed E-state index contributed by atoms with van der Waals surface area (Å²) in [6.45, 7) is 5.99. The Balaban J connectivity index is 1.90. The highest BCUT2D eigenvalue weighted by Gasteiger charge is 2.51. The van der Waals surface area contributed by atoms with Crippen molar-refractivity contribution in [2.24, 2.45) is 5.41 Å². The maximum Gasteiger partial charge on any atom is 0.305 e. The Morgan fingerprint density at radius 3 is 2.43 bits per heavy atom. The molecule has 0 aromatic rings. The van der Waals surface area contributed by atoms with Crippen LogP contribution in [0.25, 0.3) is 0 Å². The standard InChI is InChI=1S/C10H18N2O2/c1-9(2)3-7(9)12-10(4-8(13)14)5-11-6-10/h7,11-12H,3-6H2,1-2H3,(H,13,14). The fourth-order valence-corrected chi connectivity index (χ4v) is 2.08. The summed E-state index contributed by atoms with van der Waals surface area (Å²) >= 11 is 0. The number of rotatable bonds is 4. The molecule has 1 saturated heterocycles. The van der Waals surface area contributed by atoms with Gasteiger partial charge in [-0.05, 0) is 11.8 Å². The van der Waals surface area contributed by atoms with Crippen molar-refractivity contribution < 1.29 is 9.90 Å². The third kappa shape index (κ3) is 1.77. The van der Waals surface area contributed by atoms with Crippen LogP contribution in [0.2, 0.25) is 0 Å². The van der Waals surface area contributed by atoms with Crippen LogP contribution in [0.3, 0.4) is 0 Å². The van der Waals surface area contributed by atoms with E-state index < -0.39 is 5.97 Å². The van der Waals surface area contributed by atoms with Crippen LogP contribution in [0.1, 0.15) is 26.7 Å². The molecule has 0 spiro atoms. The van der Waals surface area contributed by atoms with Gasteiger partial charge in [0, 0.05) is 19.1 Å². The number of hydrogen-bond acceptors (Lipinski definition) is 3. The van der Waals surface area contributed by atoms with Gasteiger partial charge in [0.2, 0.25) is 0 Å². The topological polar surface area (TPSA) is 61.4 Å². The zero-order chi connectivity index (χ0) is 10.4. The molecule has 0 bridgehead atoms. The third-order valence-electron chi connectivity index (χ3n) is 3.41. The molecule has 1 saturated carbocycles. The van der Waals surface area contributed by atoms with Crippen LogP contribution in [0, 0.1) is 5.41 Å². The second kappa shape index (κ2) is 2.94. The highest BCUT2D eigenvalue weighted by Crippen LogP contribution is 2.46. The van der Waals surface area contributed by atoms with Crippen LogP contribution >= 0.6 is 0 Å². The summed E-state index contributed by atoms with van der Waals surface area (Å²) in [6, 6.07) is 0.504. The Bertz CT molecular complexity index is 259. The van der Waals surface area contributed by atoms with E-state index in [1.165, 1.54) is 0 Å². The molecule has 14 heavy (non-hydrogen) atoms. The van der Waals surface area contributed by atoms with Crippen molar-refractivity contribution in [2.75, 3.05) is 13.1 Å². The summed E-state index contributed by atoms with van der Waals surface area (Å²) in [5, 5.41) is 15.4. The Morgan fingerprint density at radius 1 is 1.57 bits per heavy atom. The number of nitrogens with one attached hydrogen (secondary N) is 2. The molecule has 1 atom stereocenters. The van der Waals surface area contributed by atoms with Gasteiger partial charge in [-0.3, -0.25) is 4.79 Å². The van der Waals surface area contributed by atoms with Crippen molar-refractivity contribution in [3.8, 4) is 0 Å². The first-order valence-corrected chi connectivity index (χ1v) is 5.14. The predicted molar refractivity (Wildman–Crippen MR) is 53.2 cm³/mol. The van der Waals surface area contributed by atoms with E-state index in [4.69, 9.17) is 5.11 Å². The van der Waals surface area contributed by atoms with E-state index in [9.17, 15) is 4.79 Å². The van der Waals surface area contributed by atoms with Gasteiger partial charge in [0.15, 0.2) is 0 Å². The average molecular weight is 198 g/mol. The molecule has 1 aliphatic carbocycles. The maximum atomic E-state index is 10.7. The second-order valence-electron chi connectivity index (χ2n) is 5.34. The molecule has 1 unspecified atom stereocenters. The smallest absolute Gasteiger partial charge is 0.305 e. The van der Waals surface area contributed by atoms with E-state index >= 15 is 0 Å². The Kier molecular flexibility index (Phi) is 2.08. The van der Waals surface area contributed by atoms with Gasteiger partial charge in [-0.15, -0.1) is 0 Å². The lowest BCUT2D eigenvalue weighted by atomic mass is 9.88. The van der Waals surface area contributed by atoms with Crippen LogP contribution in [-0.4, -0.2) is 35.7 Å². The molecule has 0 aromatic heterocycles. The molecular weight excluding hydrogens is 180 g/mol. The first kappa shape index (κ1) is 9.93. The number of carboxylic acids is 1. The zero-order valence-electron chi connectivity index (χ0n) is 8.76. The van der Waals surface area contributed by atoms with Gasteiger partial charge in [0.05, 0.1) is 12.0 Å². The summed E-state index contributed by atoms with van der Waals surface area (Å²) in [5.74, 6) is -0.711. The molecule has 80 valence electrons. The lowest BCUT2D eigenvalue weighted by Gasteiger charge is -2.43. The number of aliphatic carboxylic acids is 1. The molecule has 2 fully saturated rings. The van der Waals surface area contributed by atoms with Gasteiger partial charge in [0.1, 0.15) is 0 Å². The van der Waals surface area contributed by atoms with Gasteiger partial charge in [-0.1, -0.05) is 13.8 Å². The van der Waals surface area contributed by atoms with Crippen LogP contribution in [0.5, 0.6) is 0 Å². The van der Waals surface area contributed by atoms with Crippen molar-refractivity contribution in [3.05, 3.63) is 0 Å². The van der Waals surface area contributed by atoms with Crippen LogP contribution in [0.15, 0.2) is 0 Å². The molecule has 2 aliphatic rings. The number of hydrogen-bond donors (Lipinski definition) is 3. The Labute approximate surface area is 84.1 Å². The van der Waals surface area contributed by atoms with Gasteiger partial charge in [-0.2, -0.15) is 0 Å². The largest absolute Gasteiger partial charge is 0.481 e. The van der Waals surface area contributed by atoms with Crippen LogP contribution in [0.4, 0.5) is 0 Å². The van der Waals surface area contributed by atoms with Gasteiger partial charge >= 0.3 is 5.97 Å². The summed E-state index contributed by atoms with van der Waals surface area (Å²) in [6.07, 6.45) is 1.39. The Hall–Kier alpha value is -0.610. The van der Waals surface area contributed by atoms with Crippen molar-refractivity contribution >= 4 is 5.97 Å². The molecule has 4 nitrogen and oxygen atoms in total. The molecule has 0 radical (unpaired) electrons. The van der Waals surface area contributed by atoms with Gasteiger partial charge in [-0.25, -0.2) is 0 Å². The third-order valence-corrected chi connectivity index (χ3v) is 3.41. The molecule has 3 N–H and O–H groups in total. The summed E-state index contributed by atoms with van der Waals surface area (Å²) in [5.41, 5.74) is 0.186. The van der Waals surface area contributed by atoms with Crippen LogP contribution < -0.4 is 10.6 Å². The minimum atomic E-state index is -0.711. The zero-order valence-corrected chi connectivity index (χ0v) is 8.76. The molecule has 0 amide bonds. The second-order valence-corrected chi connectivity index (χ2v) is 5.34. The normalized spacial score (nSPS) is 32.0. The van der Waals surface area contributed by atoms with Gasteiger partial charge < -0.3 is 15.7 Å². The number of carbonyl (C=O) groups is 1. The van der Waals surface area contributed by atoms with Crippen molar-refractivity contribution in [1.82, 2.24) is 10.6 Å². The van der Waals surface area contributed by atoms with E-state index in [0.29, 0.717) is 11.5 Å². The lowest BCUT2D eigenvalue weighted by molar-refractivity contribution is -0.139. The minimum absolute atomic E-state index is 0.176. The molecule has 2 rings (SSSR count). The van der Waals surface area contributed by atoms with Crippen molar-refractivity contribution in [2.45, 2.75) is 38.3 Å². The maximum absolute atomic E-state index is 10.7. The SMILES string of the molecule is CC1(C)CC1NC1(CC(=O)O)CNC1. The van der Waals surface area contributed by atoms with E-state index in [2.05, 4.69) is 24.5 Å². The van der Waals surface area contributed by atoms with E-state index in [1.807, 2.05) is 0 Å². The highest BCUT2D eigenvalue weighted by atomic mass is 16.4. The molecule has 0 aromatic carbocycles. The Morgan fingerprint density at radius 2 is 2.14 bits per heavy atom. The van der Waals surface area contributed by atoms with E-state index in [0.717, 1.165) is 19.5 Å². The van der Waals surface area contributed by atoms with Crippen molar-refractivity contribution in [3.63, 3.8) is 0 Å². The summed E-state index contributed by atoms with van der Waals surface area (Å²) < 4.78 is 0.